The first-order chi connectivity index (χ1) is 8.34. The van der Waals surface area contributed by atoms with E-state index in [0.29, 0.717) is 6.54 Å². The summed E-state index contributed by atoms with van der Waals surface area (Å²) in [5, 5.41) is 0. The standard InChI is InChI=1S/C11H20N4O2S/c1-7-8(2)13-9(3)15-6-10(5-11(7)15)14-18(16,17)12-4/h8,10,12,14H,5-6H2,1-4H3/t8-,10-/m0/s1. The van der Waals surface area contributed by atoms with Crippen LogP contribution in [0.3, 0.4) is 0 Å². The number of amidine groups is 1. The van der Waals surface area contributed by atoms with Gasteiger partial charge in [-0.05, 0) is 26.3 Å². The third kappa shape index (κ3) is 2.43. The van der Waals surface area contributed by atoms with Crippen LogP contribution in [0.1, 0.15) is 27.2 Å². The molecule has 0 amide bonds. The maximum atomic E-state index is 11.5. The van der Waals surface area contributed by atoms with E-state index in [2.05, 4.69) is 33.2 Å². The van der Waals surface area contributed by atoms with E-state index in [0.717, 1.165) is 12.3 Å². The van der Waals surface area contributed by atoms with Crippen molar-refractivity contribution in [3.63, 3.8) is 0 Å². The monoisotopic (exact) mass is 272 g/mol. The van der Waals surface area contributed by atoms with Crippen LogP contribution in [0.25, 0.3) is 0 Å². The number of fused-ring (bicyclic) bond motifs is 1. The average Bonchev–Trinajstić information content (AvgIpc) is 2.70. The van der Waals surface area contributed by atoms with Gasteiger partial charge in [0.15, 0.2) is 0 Å². The molecule has 2 aliphatic rings. The minimum absolute atomic E-state index is 0.0946. The minimum atomic E-state index is -3.38. The van der Waals surface area contributed by atoms with E-state index in [-0.39, 0.29) is 12.1 Å². The Morgan fingerprint density at radius 2 is 2.06 bits per heavy atom. The van der Waals surface area contributed by atoms with Crippen LogP contribution in [0, 0.1) is 0 Å². The first-order valence-corrected chi connectivity index (χ1v) is 7.54. The van der Waals surface area contributed by atoms with Gasteiger partial charge >= 0.3 is 0 Å². The van der Waals surface area contributed by atoms with Crippen molar-refractivity contribution in [2.45, 2.75) is 39.3 Å². The van der Waals surface area contributed by atoms with Crippen LogP contribution < -0.4 is 9.44 Å². The van der Waals surface area contributed by atoms with Crippen LogP contribution >= 0.6 is 0 Å². The van der Waals surface area contributed by atoms with Crippen molar-refractivity contribution in [2.75, 3.05) is 13.6 Å². The zero-order chi connectivity index (χ0) is 13.5. The van der Waals surface area contributed by atoms with Gasteiger partial charge in [0.05, 0.1) is 6.04 Å². The Kier molecular flexibility index (Phi) is 3.48. The fraction of sp³-hybridized carbons (Fsp3) is 0.727. The number of rotatable bonds is 3. The second-order valence-electron chi connectivity index (χ2n) is 4.82. The van der Waals surface area contributed by atoms with Gasteiger partial charge < -0.3 is 4.90 Å². The van der Waals surface area contributed by atoms with Crippen LogP contribution in [-0.4, -0.2) is 44.8 Å². The van der Waals surface area contributed by atoms with Gasteiger partial charge in [-0.2, -0.15) is 13.1 Å². The Morgan fingerprint density at radius 3 is 2.67 bits per heavy atom. The highest BCUT2D eigenvalue weighted by molar-refractivity contribution is 7.87. The van der Waals surface area contributed by atoms with E-state index in [4.69, 9.17) is 0 Å². The molecule has 6 nitrogen and oxygen atoms in total. The Labute approximate surface area is 108 Å². The van der Waals surface area contributed by atoms with Gasteiger partial charge in [-0.25, -0.2) is 4.72 Å². The number of aliphatic imine (C=N–C) groups is 1. The lowest BCUT2D eigenvalue weighted by atomic mass is 10.0. The maximum Gasteiger partial charge on any atom is 0.276 e. The molecule has 0 aromatic rings. The van der Waals surface area contributed by atoms with Crippen molar-refractivity contribution in [1.82, 2.24) is 14.3 Å². The van der Waals surface area contributed by atoms with Gasteiger partial charge in [0.1, 0.15) is 5.84 Å². The molecular formula is C11H20N4O2S. The highest BCUT2D eigenvalue weighted by Crippen LogP contribution is 2.31. The molecule has 1 fully saturated rings. The fourth-order valence-electron chi connectivity index (χ4n) is 2.49. The Hall–Kier alpha value is -0.920. The van der Waals surface area contributed by atoms with Gasteiger partial charge in [0, 0.05) is 31.8 Å². The largest absolute Gasteiger partial charge is 0.332 e. The predicted molar refractivity (Wildman–Crippen MR) is 71.5 cm³/mol. The predicted octanol–water partition coefficient (Wildman–Crippen LogP) is 0.209. The summed E-state index contributed by atoms with van der Waals surface area (Å²) in [6, 6.07) is 0.0961. The molecule has 0 aromatic carbocycles. The fourth-order valence-corrected chi connectivity index (χ4v) is 3.20. The topological polar surface area (TPSA) is 73.8 Å². The molecule has 0 spiro atoms. The molecule has 7 heteroatoms. The molecule has 1 saturated heterocycles. The van der Waals surface area contributed by atoms with Crippen LogP contribution in [-0.2, 0) is 10.2 Å². The van der Waals surface area contributed by atoms with Crippen molar-refractivity contribution in [3.05, 3.63) is 11.3 Å². The number of nitrogens with one attached hydrogen (secondary N) is 2. The quantitative estimate of drug-likeness (QED) is 0.771. The lowest BCUT2D eigenvalue weighted by Gasteiger charge is -2.28. The number of hydrogen-bond donors (Lipinski definition) is 2. The molecule has 2 N–H and O–H groups in total. The molecule has 0 aliphatic carbocycles. The molecule has 2 heterocycles. The van der Waals surface area contributed by atoms with Crippen molar-refractivity contribution in [1.29, 1.82) is 0 Å². The summed E-state index contributed by atoms with van der Waals surface area (Å²) in [7, 11) is -1.98. The van der Waals surface area contributed by atoms with Crippen LogP contribution in [0.5, 0.6) is 0 Å². The van der Waals surface area contributed by atoms with E-state index in [1.165, 1.54) is 18.3 Å². The first kappa shape index (κ1) is 13.5. The summed E-state index contributed by atoms with van der Waals surface area (Å²) in [6.07, 6.45) is 0.726. The highest BCUT2D eigenvalue weighted by atomic mass is 32.2. The van der Waals surface area contributed by atoms with E-state index in [1.807, 2.05) is 6.92 Å². The Bertz CT molecular complexity index is 509. The van der Waals surface area contributed by atoms with E-state index in [9.17, 15) is 8.42 Å². The molecule has 0 saturated carbocycles. The molecule has 2 rings (SSSR count). The van der Waals surface area contributed by atoms with Crippen LogP contribution in [0.15, 0.2) is 16.3 Å². The van der Waals surface area contributed by atoms with E-state index < -0.39 is 10.2 Å². The second kappa shape index (κ2) is 4.64. The van der Waals surface area contributed by atoms with Gasteiger partial charge in [-0.3, -0.25) is 4.99 Å². The lowest BCUT2D eigenvalue weighted by molar-refractivity contribution is 0.507. The van der Waals surface area contributed by atoms with E-state index >= 15 is 0 Å². The van der Waals surface area contributed by atoms with Crippen LogP contribution in [0.4, 0.5) is 0 Å². The Balaban J connectivity index is 2.19. The third-order valence-corrected chi connectivity index (χ3v) is 4.79. The zero-order valence-electron chi connectivity index (χ0n) is 11.2. The summed E-state index contributed by atoms with van der Waals surface area (Å²) >= 11 is 0. The normalized spacial score (nSPS) is 28.4. The van der Waals surface area contributed by atoms with Crippen LogP contribution in [0.2, 0.25) is 0 Å². The molecule has 0 aromatic heterocycles. The van der Waals surface area contributed by atoms with E-state index in [1.54, 1.807) is 0 Å². The lowest BCUT2D eigenvalue weighted by Crippen LogP contribution is -2.43. The number of nitrogens with zero attached hydrogens (tertiary/aromatic N) is 2. The summed E-state index contributed by atoms with van der Waals surface area (Å²) in [4.78, 5) is 6.66. The van der Waals surface area contributed by atoms with Crippen molar-refractivity contribution >= 4 is 16.0 Å². The SMILES string of the molecule is CNS(=O)(=O)N[C@H]1CC2=C(C)[C@H](C)N=C(C)N2C1. The number of hydrogen-bond acceptors (Lipinski definition) is 4. The molecule has 0 radical (unpaired) electrons. The molecule has 0 bridgehead atoms. The summed E-state index contributed by atoms with van der Waals surface area (Å²) < 4.78 is 27.9. The maximum absolute atomic E-state index is 11.5. The molecule has 2 atom stereocenters. The Morgan fingerprint density at radius 1 is 1.39 bits per heavy atom. The van der Waals surface area contributed by atoms with Gasteiger partial charge in [-0.15, -0.1) is 0 Å². The molecule has 18 heavy (non-hydrogen) atoms. The molecule has 0 unspecified atom stereocenters. The first-order valence-electron chi connectivity index (χ1n) is 6.06. The van der Waals surface area contributed by atoms with Gasteiger partial charge in [-0.1, -0.05) is 0 Å². The third-order valence-electron chi connectivity index (χ3n) is 3.61. The molecule has 102 valence electrons. The van der Waals surface area contributed by atoms with Crippen molar-refractivity contribution in [3.8, 4) is 0 Å². The summed E-state index contributed by atoms with van der Waals surface area (Å²) in [5.74, 6) is 0.967. The van der Waals surface area contributed by atoms with Crippen molar-refractivity contribution < 1.29 is 8.42 Å². The minimum Gasteiger partial charge on any atom is -0.332 e. The van der Waals surface area contributed by atoms with Gasteiger partial charge in [0.25, 0.3) is 10.2 Å². The highest BCUT2D eigenvalue weighted by Gasteiger charge is 2.34. The summed E-state index contributed by atoms with van der Waals surface area (Å²) in [5.41, 5.74) is 2.44. The summed E-state index contributed by atoms with van der Waals surface area (Å²) in [6.45, 7) is 6.75. The average molecular weight is 272 g/mol. The molecule has 2 aliphatic heterocycles. The van der Waals surface area contributed by atoms with Gasteiger partial charge in [0.2, 0.25) is 0 Å². The second-order valence-corrected chi connectivity index (χ2v) is 6.47. The van der Waals surface area contributed by atoms with Crippen molar-refractivity contribution in [2.24, 2.45) is 4.99 Å². The molecular weight excluding hydrogens is 252 g/mol. The smallest absolute Gasteiger partial charge is 0.276 e. The zero-order valence-corrected chi connectivity index (χ0v) is 12.0.